The number of nitriles is 1. The van der Waals surface area contributed by atoms with Crippen LogP contribution in [0.15, 0.2) is 42.5 Å². The normalized spacial score (nSPS) is 10.4. The van der Waals surface area contributed by atoms with Gasteiger partial charge in [0.1, 0.15) is 0 Å². The van der Waals surface area contributed by atoms with Gasteiger partial charge in [-0.2, -0.15) is 5.26 Å². The number of aryl methyl sites for hydroxylation is 2. The van der Waals surface area contributed by atoms with E-state index in [0.29, 0.717) is 23.2 Å². The molecule has 0 fully saturated rings. The Morgan fingerprint density at radius 1 is 1.04 bits per heavy atom. The van der Waals surface area contributed by atoms with Crippen LogP contribution >= 0.6 is 0 Å². The Labute approximate surface area is 140 Å². The molecule has 0 atom stereocenters. The Kier molecular flexibility index (Phi) is 4.21. The molecule has 0 unspecified atom stereocenters. The highest BCUT2D eigenvalue weighted by Crippen LogP contribution is 2.14. The van der Waals surface area contributed by atoms with Gasteiger partial charge in [-0.25, -0.2) is 9.97 Å². The smallest absolute Gasteiger partial charge is 0.251 e. The number of carbonyl (C=O) groups is 1. The fourth-order valence-electron chi connectivity index (χ4n) is 2.35. The zero-order valence-corrected chi connectivity index (χ0v) is 13.5. The number of nitrogens with one attached hydrogen (secondary N) is 1. The van der Waals surface area contributed by atoms with E-state index in [2.05, 4.69) is 21.4 Å². The third kappa shape index (κ3) is 3.23. The van der Waals surface area contributed by atoms with Crippen LogP contribution in [0.3, 0.4) is 0 Å². The van der Waals surface area contributed by atoms with Crippen molar-refractivity contribution in [1.82, 2.24) is 15.3 Å². The molecule has 1 N–H and O–H groups in total. The second-order valence-corrected chi connectivity index (χ2v) is 5.59. The number of hydrogen-bond acceptors (Lipinski definition) is 4. The molecular weight excluding hydrogens is 300 g/mol. The fraction of sp³-hybridized carbons (Fsp3) is 0.158. The van der Waals surface area contributed by atoms with Gasteiger partial charge in [0.25, 0.3) is 5.91 Å². The molecule has 0 saturated heterocycles. The zero-order chi connectivity index (χ0) is 17.1. The van der Waals surface area contributed by atoms with E-state index in [1.54, 1.807) is 24.3 Å². The minimum absolute atomic E-state index is 0.165. The molecule has 0 radical (unpaired) electrons. The van der Waals surface area contributed by atoms with Gasteiger partial charge in [-0.05, 0) is 49.7 Å². The van der Waals surface area contributed by atoms with Crippen LogP contribution in [0.4, 0.5) is 0 Å². The molecule has 1 amide bonds. The monoisotopic (exact) mass is 316 g/mol. The molecule has 0 saturated carbocycles. The topological polar surface area (TPSA) is 78.7 Å². The Morgan fingerprint density at radius 3 is 2.38 bits per heavy atom. The Morgan fingerprint density at radius 2 is 1.71 bits per heavy atom. The molecule has 0 aliphatic heterocycles. The molecule has 3 aromatic rings. The van der Waals surface area contributed by atoms with Crippen LogP contribution in [0.5, 0.6) is 0 Å². The molecule has 2 aromatic carbocycles. The quantitative estimate of drug-likeness (QED) is 0.805. The maximum atomic E-state index is 12.3. The molecule has 0 spiro atoms. The van der Waals surface area contributed by atoms with E-state index in [1.165, 1.54) is 0 Å². The fourth-order valence-corrected chi connectivity index (χ4v) is 2.35. The third-order valence-electron chi connectivity index (χ3n) is 3.87. The standard InChI is InChI=1S/C19H16N4O/c1-12-13(2)23-18-9-16(7-8-17(18)22-12)19(24)21-11-15-5-3-14(10-20)4-6-15/h3-9H,11H2,1-2H3,(H,21,24). The average molecular weight is 316 g/mol. The van der Waals surface area contributed by atoms with Gasteiger partial charge in [-0.3, -0.25) is 4.79 Å². The minimum atomic E-state index is -0.165. The predicted octanol–water partition coefficient (Wildman–Crippen LogP) is 3.05. The SMILES string of the molecule is Cc1nc2ccc(C(=O)NCc3ccc(C#N)cc3)cc2nc1C. The van der Waals surface area contributed by atoms with Crippen molar-refractivity contribution in [3.63, 3.8) is 0 Å². The van der Waals surface area contributed by atoms with Crippen molar-refractivity contribution in [2.75, 3.05) is 0 Å². The number of rotatable bonds is 3. The van der Waals surface area contributed by atoms with E-state index in [1.807, 2.05) is 32.0 Å². The van der Waals surface area contributed by atoms with Gasteiger partial charge in [-0.1, -0.05) is 12.1 Å². The summed E-state index contributed by atoms with van der Waals surface area (Å²) < 4.78 is 0. The molecule has 3 rings (SSSR count). The van der Waals surface area contributed by atoms with E-state index in [4.69, 9.17) is 5.26 Å². The lowest BCUT2D eigenvalue weighted by Crippen LogP contribution is -2.22. The van der Waals surface area contributed by atoms with E-state index >= 15 is 0 Å². The second kappa shape index (κ2) is 6.47. The van der Waals surface area contributed by atoms with Crippen LogP contribution < -0.4 is 5.32 Å². The molecule has 118 valence electrons. The first-order valence-electron chi connectivity index (χ1n) is 7.59. The van der Waals surface area contributed by atoms with Gasteiger partial charge >= 0.3 is 0 Å². The Bertz CT molecular complexity index is 956. The highest BCUT2D eigenvalue weighted by Gasteiger charge is 2.08. The first-order valence-corrected chi connectivity index (χ1v) is 7.59. The van der Waals surface area contributed by atoms with Crippen LogP contribution in [0.2, 0.25) is 0 Å². The van der Waals surface area contributed by atoms with E-state index in [0.717, 1.165) is 22.5 Å². The van der Waals surface area contributed by atoms with Crippen molar-refractivity contribution in [2.45, 2.75) is 20.4 Å². The van der Waals surface area contributed by atoms with E-state index < -0.39 is 0 Å². The summed E-state index contributed by atoms with van der Waals surface area (Å²) in [5.74, 6) is -0.165. The molecule has 1 heterocycles. The second-order valence-electron chi connectivity index (χ2n) is 5.59. The number of fused-ring (bicyclic) bond motifs is 1. The Hall–Kier alpha value is -3.26. The maximum Gasteiger partial charge on any atom is 0.251 e. The van der Waals surface area contributed by atoms with Crippen molar-refractivity contribution in [1.29, 1.82) is 5.26 Å². The summed E-state index contributed by atoms with van der Waals surface area (Å²) in [6.45, 7) is 4.22. The third-order valence-corrected chi connectivity index (χ3v) is 3.87. The Balaban J connectivity index is 1.75. The van der Waals surface area contributed by atoms with Gasteiger partial charge in [0.15, 0.2) is 0 Å². The van der Waals surface area contributed by atoms with Gasteiger partial charge < -0.3 is 5.32 Å². The lowest BCUT2D eigenvalue weighted by Gasteiger charge is -2.07. The first-order chi connectivity index (χ1) is 11.6. The average Bonchev–Trinajstić information content (AvgIpc) is 2.60. The van der Waals surface area contributed by atoms with Gasteiger partial charge in [0.2, 0.25) is 0 Å². The van der Waals surface area contributed by atoms with Crippen molar-refractivity contribution < 1.29 is 4.79 Å². The molecule has 24 heavy (non-hydrogen) atoms. The molecule has 0 bridgehead atoms. The number of nitrogens with zero attached hydrogens (tertiary/aromatic N) is 3. The lowest BCUT2D eigenvalue weighted by atomic mass is 10.1. The van der Waals surface area contributed by atoms with Gasteiger partial charge in [-0.15, -0.1) is 0 Å². The van der Waals surface area contributed by atoms with Gasteiger partial charge in [0.05, 0.1) is 34.1 Å². The number of amides is 1. The van der Waals surface area contributed by atoms with Crippen LogP contribution in [-0.4, -0.2) is 15.9 Å². The summed E-state index contributed by atoms with van der Waals surface area (Å²) in [6.07, 6.45) is 0. The van der Waals surface area contributed by atoms with Crippen LogP contribution in [0.1, 0.15) is 32.9 Å². The highest BCUT2D eigenvalue weighted by atomic mass is 16.1. The molecule has 0 aliphatic rings. The predicted molar refractivity (Wildman–Crippen MR) is 91.3 cm³/mol. The van der Waals surface area contributed by atoms with Crippen molar-refractivity contribution in [3.05, 3.63) is 70.5 Å². The summed E-state index contributed by atoms with van der Waals surface area (Å²) in [5.41, 5.74) is 5.33. The molecule has 0 aliphatic carbocycles. The van der Waals surface area contributed by atoms with E-state index in [-0.39, 0.29) is 5.91 Å². The van der Waals surface area contributed by atoms with Crippen LogP contribution in [0.25, 0.3) is 11.0 Å². The summed E-state index contributed by atoms with van der Waals surface area (Å²) in [7, 11) is 0. The summed E-state index contributed by atoms with van der Waals surface area (Å²) >= 11 is 0. The summed E-state index contributed by atoms with van der Waals surface area (Å²) in [4.78, 5) is 21.3. The number of aromatic nitrogens is 2. The first kappa shape index (κ1) is 15.6. The maximum absolute atomic E-state index is 12.3. The molecule has 5 nitrogen and oxygen atoms in total. The van der Waals surface area contributed by atoms with Crippen molar-refractivity contribution >= 4 is 16.9 Å². The number of carbonyl (C=O) groups excluding carboxylic acids is 1. The van der Waals surface area contributed by atoms with Crippen LogP contribution in [-0.2, 0) is 6.54 Å². The number of hydrogen-bond donors (Lipinski definition) is 1. The van der Waals surface area contributed by atoms with Crippen LogP contribution in [0, 0.1) is 25.2 Å². The molecular formula is C19H16N4O. The van der Waals surface area contributed by atoms with Crippen molar-refractivity contribution in [2.24, 2.45) is 0 Å². The highest BCUT2D eigenvalue weighted by molar-refractivity contribution is 5.97. The summed E-state index contributed by atoms with van der Waals surface area (Å²) in [6, 6.07) is 14.5. The lowest BCUT2D eigenvalue weighted by molar-refractivity contribution is 0.0951. The molecule has 1 aromatic heterocycles. The van der Waals surface area contributed by atoms with Gasteiger partial charge in [0, 0.05) is 12.1 Å². The largest absolute Gasteiger partial charge is 0.348 e. The number of benzene rings is 2. The van der Waals surface area contributed by atoms with Crippen molar-refractivity contribution in [3.8, 4) is 6.07 Å². The van der Waals surface area contributed by atoms with E-state index in [9.17, 15) is 4.79 Å². The molecule has 5 heteroatoms. The minimum Gasteiger partial charge on any atom is -0.348 e. The summed E-state index contributed by atoms with van der Waals surface area (Å²) in [5, 5.41) is 11.7. The zero-order valence-electron chi connectivity index (χ0n) is 13.5.